The summed E-state index contributed by atoms with van der Waals surface area (Å²) in [4.78, 5) is 2.79. The SMILES string of the molecule is CCCCc1ccc2c(c1)c1cc(CCCC)cc3c1n2-c1c2c(cc4oc5ccccc5c14)-c1c(ccc4c1oc1cc5c(cc14)C(C)(C)CCC5(C)C)N(c1cc4c(cc1C)C(C)(C)CCC4(C)C)B23. The van der Waals surface area contributed by atoms with Crippen LogP contribution < -0.4 is 15.7 Å². The fraction of sp³-hybridized carbons (Fsp3) is 0.373. The third-order valence-electron chi connectivity index (χ3n) is 18.9. The van der Waals surface area contributed by atoms with Crippen LogP contribution in [0.1, 0.15) is 160 Å². The molecule has 0 radical (unpaired) electrons. The van der Waals surface area contributed by atoms with Gasteiger partial charge in [0.15, 0.2) is 0 Å². The molecular weight excluding hydrogens is 876 g/mol. The molecule has 0 fully saturated rings. The van der Waals surface area contributed by atoms with Gasteiger partial charge in [0.25, 0.3) is 0 Å². The average molecular weight is 945 g/mol. The molecule has 2 aliphatic carbocycles. The number of nitrogens with zero attached hydrogens (tertiary/aromatic N) is 2. The Hall–Kier alpha value is -6.20. The summed E-state index contributed by atoms with van der Waals surface area (Å²) in [5, 5.41) is 7.45. The fourth-order valence-electron chi connectivity index (χ4n) is 14.5. The van der Waals surface area contributed by atoms with Gasteiger partial charge < -0.3 is 18.2 Å². The lowest BCUT2D eigenvalue weighted by Gasteiger charge is -2.45. The summed E-state index contributed by atoms with van der Waals surface area (Å²) in [7, 11) is 0. The van der Waals surface area contributed by atoms with Crippen LogP contribution in [0.25, 0.3) is 82.5 Å². The average Bonchev–Trinajstić information content (AvgIpc) is 4.03. The van der Waals surface area contributed by atoms with Gasteiger partial charge in [-0.25, -0.2) is 0 Å². The minimum atomic E-state index is -0.131. The van der Waals surface area contributed by atoms with Gasteiger partial charge in [-0.05, 0) is 196 Å². The molecule has 14 rings (SSSR count). The summed E-state index contributed by atoms with van der Waals surface area (Å²) in [6.07, 6.45) is 11.5. The van der Waals surface area contributed by atoms with Crippen LogP contribution in [0.5, 0.6) is 0 Å². The van der Waals surface area contributed by atoms with Crippen molar-refractivity contribution in [1.29, 1.82) is 0 Å². The molecule has 3 aromatic heterocycles. The number of fused-ring (bicyclic) bond motifs is 17. The lowest BCUT2D eigenvalue weighted by Crippen LogP contribution is -2.61. The van der Waals surface area contributed by atoms with E-state index in [0.717, 1.165) is 71.8 Å². The van der Waals surface area contributed by atoms with Crippen molar-refractivity contribution in [3.05, 3.63) is 136 Å². The Morgan fingerprint density at radius 1 is 0.542 bits per heavy atom. The van der Waals surface area contributed by atoms with Crippen molar-refractivity contribution in [2.24, 2.45) is 0 Å². The predicted octanol–water partition coefficient (Wildman–Crippen LogP) is 17.5. The van der Waals surface area contributed by atoms with Crippen molar-refractivity contribution in [2.75, 3.05) is 4.81 Å². The number of hydrogen-bond donors (Lipinski definition) is 0. The molecular formula is C67H69BN2O2. The molecule has 7 aromatic carbocycles. The molecule has 362 valence electrons. The maximum Gasteiger partial charge on any atom is 0.333 e. The Balaban J connectivity index is 1.18. The summed E-state index contributed by atoms with van der Waals surface area (Å²) in [5.41, 5.74) is 25.5. The highest BCUT2D eigenvalue weighted by Gasteiger charge is 2.48. The van der Waals surface area contributed by atoms with E-state index in [1.165, 1.54) is 136 Å². The highest BCUT2D eigenvalue weighted by Crippen LogP contribution is 2.55. The number of benzene rings is 7. The maximum absolute atomic E-state index is 7.53. The molecule has 0 amide bonds. The van der Waals surface area contributed by atoms with E-state index in [2.05, 4.69) is 183 Å². The van der Waals surface area contributed by atoms with Crippen molar-refractivity contribution >= 4 is 94.8 Å². The second-order valence-electron chi connectivity index (χ2n) is 25.5. The van der Waals surface area contributed by atoms with Crippen LogP contribution in [0.4, 0.5) is 11.4 Å². The monoisotopic (exact) mass is 945 g/mol. The van der Waals surface area contributed by atoms with Crippen molar-refractivity contribution in [3.8, 4) is 16.8 Å². The highest BCUT2D eigenvalue weighted by molar-refractivity contribution is 6.94. The Labute approximate surface area is 425 Å². The lowest BCUT2D eigenvalue weighted by atomic mass is 9.43. The van der Waals surface area contributed by atoms with Gasteiger partial charge in [0.2, 0.25) is 0 Å². The Morgan fingerprint density at radius 3 is 1.92 bits per heavy atom. The standard InChI is InChI=1S/C67H69BN2O2/c1-12-14-18-39-22-24-52-43(31-39)45-32-40(19-15-13-2)33-51-61(45)69(52)62-59-42-20-16-17-21-55(42)71-57(59)35-46-58-53(25-23-41-44-34-48-50(37-56(44)72-63(41)58)67(10,11)29-27-65(48,6)7)70(68(51)60(46)62)54-36-49-47(30-38(54)3)64(4,5)26-28-66(49,8)9/h16-17,20-25,30-37H,12-15,18-19,26-29H2,1-11H3. The van der Waals surface area contributed by atoms with E-state index in [1.54, 1.807) is 0 Å². The highest BCUT2D eigenvalue weighted by atomic mass is 16.3. The first kappa shape index (κ1) is 44.5. The van der Waals surface area contributed by atoms with E-state index in [1.807, 2.05) is 0 Å². The minimum Gasteiger partial charge on any atom is -0.456 e. The molecule has 0 bridgehead atoms. The predicted molar refractivity (Wildman–Crippen MR) is 307 cm³/mol. The Kier molecular flexibility index (Phi) is 9.25. The molecule has 10 aromatic rings. The summed E-state index contributed by atoms with van der Waals surface area (Å²) >= 11 is 0. The van der Waals surface area contributed by atoms with E-state index in [9.17, 15) is 0 Å². The number of hydrogen-bond acceptors (Lipinski definition) is 3. The van der Waals surface area contributed by atoms with Gasteiger partial charge in [-0.15, -0.1) is 0 Å². The maximum atomic E-state index is 7.53. The normalized spacial score (nSPS) is 17.9. The first-order chi connectivity index (χ1) is 34.5. The van der Waals surface area contributed by atoms with Gasteiger partial charge in [-0.1, -0.05) is 118 Å². The third kappa shape index (κ3) is 6.00. The fourth-order valence-corrected chi connectivity index (χ4v) is 14.5. The summed E-state index contributed by atoms with van der Waals surface area (Å²) in [5.74, 6) is 0. The van der Waals surface area contributed by atoms with Gasteiger partial charge in [-0.2, -0.15) is 0 Å². The number of aryl methyl sites for hydroxylation is 3. The molecule has 5 heterocycles. The molecule has 0 unspecified atom stereocenters. The minimum absolute atomic E-state index is 0.0298. The number of unbranched alkanes of at least 4 members (excludes halogenated alkanes) is 2. The van der Waals surface area contributed by atoms with Crippen LogP contribution >= 0.6 is 0 Å². The summed E-state index contributed by atoms with van der Waals surface area (Å²) in [6, 6.07) is 38.7. The van der Waals surface area contributed by atoms with Crippen molar-refractivity contribution in [1.82, 2.24) is 4.57 Å². The molecule has 0 spiro atoms. The summed E-state index contributed by atoms with van der Waals surface area (Å²) in [6.45, 7) is 26.5. The molecule has 4 nitrogen and oxygen atoms in total. The number of para-hydroxylation sites is 1. The molecule has 0 N–H and O–H groups in total. The van der Waals surface area contributed by atoms with E-state index in [4.69, 9.17) is 8.83 Å². The molecule has 0 saturated carbocycles. The van der Waals surface area contributed by atoms with Crippen molar-refractivity contribution in [3.63, 3.8) is 0 Å². The zero-order valence-corrected chi connectivity index (χ0v) is 44.6. The van der Waals surface area contributed by atoms with E-state index in [-0.39, 0.29) is 28.5 Å². The largest absolute Gasteiger partial charge is 0.456 e. The van der Waals surface area contributed by atoms with E-state index >= 15 is 0 Å². The number of anilines is 2. The Morgan fingerprint density at radius 2 is 1.19 bits per heavy atom. The van der Waals surface area contributed by atoms with Gasteiger partial charge in [0.05, 0.1) is 22.1 Å². The molecule has 4 aliphatic rings. The van der Waals surface area contributed by atoms with Crippen LogP contribution in [0.3, 0.4) is 0 Å². The molecule has 0 atom stereocenters. The van der Waals surface area contributed by atoms with E-state index in [0.29, 0.717) is 0 Å². The molecule has 5 heteroatoms. The molecule has 2 aliphatic heterocycles. The van der Waals surface area contributed by atoms with Crippen molar-refractivity contribution < 1.29 is 8.83 Å². The number of furan rings is 2. The van der Waals surface area contributed by atoms with E-state index < -0.39 is 0 Å². The topological polar surface area (TPSA) is 34.5 Å². The Bertz CT molecular complexity index is 4000. The quantitative estimate of drug-likeness (QED) is 0.149. The van der Waals surface area contributed by atoms with Gasteiger partial charge in [0.1, 0.15) is 22.3 Å². The smallest absolute Gasteiger partial charge is 0.333 e. The van der Waals surface area contributed by atoms with Crippen LogP contribution in [-0.4, -0.2) is 11.4 Å². The zero-order chi connectivity index (χ0) is 49.5. The van der Waals surface area contributed by atoms with Crippen LogP contribution in [0.15, 0.2) is 106 Å². The first-order valence-corrected chi connectivity index (χ1v) is 27.6. The summed E-state index contributed by atoms with van der Waals surface area (Å²) < 4.78 is 17.3. The lowest BCUT2D eigenvalue weighted by molar-refractivity contribution is 0.332. The van der Waals surface area contributed by atoms with Gasteiger partial charge >= 0.3 is 6.85 Å². The zero-order valence-electron chi connectivity index (χ0n) is 44.6. The molecule has 72 heavy (non-hydrogen) atoms. The second kappa shape index (κ2) is 15.0. The molecule has 0 saturated heterocycles. The first-order valence-electron chi connectivity index (χ1n) is 27.6. The van der Waals surface area contributed by atoms with Crippen LogP contribution in [0, 0.1) is 6.92 Å². The van der Waals surface area contributed by atoms with Crippen molar-refractivity contribution in [2.45, 2.75) is 162 Å². The van der Waals surface area contributed by atoms with Gasteiger partial charge in [0, 0.05) is 43.9 Å². The van der Waals surface area contributed by atoms with Crippen LogP contribution in [-0.2, 0) is 34.5 Å². The van der Waals surface area contributed by atoms with Gasteiger partial charge in [-0.3, -0.25) is 0 Å². The number of aromatic nitrogens is 1. The third-order valence-corrected chi connectivity index (χ3v) is 18.9. The van der Waals surface area contributed by atoms with Crippen LogP contribution in [0.2, 0.25) is 0 Å². The second-order valence-corrected chi connectivity index (χ2v) is 25.5. The number of rotatable bonds is 7.